The molecule has 0 radical (unpaired) electrons. The molecular weight excluding hydrogens is 281 g/mol. The van der Waals surface area contributed by atoms with Crippen molar-refractivity contribution in [3.63, 3.8) is 0 Å². The molecule has 6 heteroatoms. The molecule has 0 spiro atoms. The van der Waals surface area contributed by atoms with Crippen LogP contribution in [0, 0.1) is 0 Å². The van der Waals surface area contributed by atoms with E-state index in [2.05, 4.69) is 26.2 Å². The molecule has 1 heterocycles. The molecule has 1 atom stereocenters. The van der Waals surface area contributed by atoms with Gasteiger partial charge in [-0.15, -0.1) is 0 Å². The summed E-state index contributed by atoms with van der Waals surface area (Å²) in [5, 5.41) is 2.86. The van der Waals surface area contributed by atoms with Crippen molar-refractivity contribution in [3.8, 4) is 0 Å². The average molecular weight is 293 g/mol. The Morgan fingerprint density at radius 2 is 2.47 bits per heavy atom. The topological polar surface area (TPSA) is 68.0 Å². The SMILES string of the molecule is CCC(N)C(=O)Nc1cc(Br)cnc1Cl. The van der Waals surface area contributed by atoms with Crippen molar-refractivity contribution in [2.75, 3.05) is 5.32 Å². The maximum absolute atomic E-state index is 11.5. The Morgan fingerprint density at radius 1 is 1.80 bits per heavy atom. The number of anilines is 1. The Morgan fingerprint density at radius 3 is 3.07 bits per heavy atom. The zero-order valence-corrected chi connectivity index (χ0v) is 10.5. The van der Waals surface area contributed by atoms with Crippen molar-refractivity contribution < 1.29 is 4.79 Å². The Bertz CT molecular complexity index is 372. The van der Waals surface area contributed by atoms with E-state index in [1.165, 1.54) is 0 Å². The summed E-state index contributed by atoms with van der Waals surface area (Å²) >= 11 is 9.04. The number of carbonyl (C=O) groups is 1. The minimum Gasteiger partial charge on any atom is -0.322 e. The summed E-state index contributed by atoms with van der Waals surface area (Å²) in [6.07, 6.45) is 2.13. The summed E-state index contributed by atoms with van der Waals surface area (Å²) in [5.41, 5.74) is 6.02. The second-order valence-electron chi connectivity index (χ2n) is 3.00. The quantitative estimate of drug-likeness (QED) is 0.839. The summed E-state index contributed by atoms with van der Waals surface area (Å²) in [4.78, 5) is 15.3. The zero-order valence-electron chi connectivity index (χ0n) is 8.13. The molecule has 1 aromatic heterocycles. The molecule has 1 unspecified atom stereocenters. The molecule has 0 bridgehead atoms. The second-order valence-corrected chi connectivity index (χ2v) is 4.27. The lowest BCUT2D eigenvalue weighted by atomic mass is 10.2. The van der Waals surface area contributed by atoms with Crippen LogP contribution in [0.4, 0.5) is 5.69 Å². The lowest BCUT2D eigenvalue weighted by Crippen LogP contribution is -2.34. The van der Waals surface area contributed by atoms with Crippen molar-refractivity contribution in [2.24, 2.45) is 5.73 Å². The molecule has 1 amide bonds. The molecule has 0 fully saturated rings. The van der Waals surface area contributed by atoms with E-state index in [0.29, 0.717) is 12.1 Å². The number of nitrogens with one attached hydrogen (secondary N) is 1. The Balaban J connectivity index is 2.80. The predicted octanol–water partition coefficient (Wildman–Crippen LogP) is 2.17. The van der Waals surface area contributed by atoms with E-state index >= 15 is 0 Å². The molecule has 0 saturated heterocycles. The Hall–Kier alpha value is -0.650. The van der Waals surface area contributed by atoms with Gasteiger partial charge in [-0.05, 0) is 28.4 Å². The number of nitrogens with zero attached hydrogens (tertiary/aromatic N) is 1. The number of nitrogens with two attached hydrogens (primary N) is 1. The van der Waals surface area contributed by atoms with Gasteiger partial charge in [-0.3, -0.25) is 4.79 Å². The largest absolute Gasteiger partial charge is 0.322 e. The van der Waals surface area contributed by atoms with Crippen molar-refractivity contribution in [2.45, 2.75) is 19.4 Å². The second kappa shape index (κ2) is 5.44. The fourth-order valence-corrected chi connectivity index (χ4v) is 1.40. The summed E-state index contributed by atoms with van der Waals surface area (Å²) in [6.45, 7) is 1.84. The molecule has 0 aromatic carbocycles. The maximum Gasteiger partial charge on any atom is 0.241 e. The van der Waals surface area contributed by atoms with Gasteiger partial charge in [0.2, 0.25) is 5.91 Å². The third kappa shape index (κ3) is 3.44. The first-order valence-corrected chi connectivity index (χ1v) is 5.59. The van der Waals surface area contributed by atoms with E-state index in [4.69, 9.17) is 17.3 Å². The molecule has 1 aromatic rings. The first-order chi connectivity index (χ1) is 7.04. The molecule has 0 aliphatic carbocycles. The van der Waals surface area contributed by atoms with Crippen LogP contribution in [0.5, 0.6) is 0 Å². The molecule has 0 aliphatic rings. The normalized spacial score (nSPS) is 12.3. The highest BCUT2D eigenvalue weighted by Crippen LogP contribution is 2.22. The molecule has 15 heavy (non-hydrogen) atoms. The molecule has 4 nitrogen and oxygen atoms in total. The van der Waals surface area contributed by atoms with E-state index in [-0.39, 0.29) is 11.1 Å². The van der Waals surface area contributed by atoms with Gasteiger partial charge < -0.3 is 11.1 Å². The predicted molar refractivity (Wildman–Crippen MR) is 63.8 cm³/mol. The fraction of sp³-hybridized carbons (Fsp3) is 0.333. The van der Waals surface area contributed by atoms with Gasteiger partial charge in [-0.2, -0.15) is 0 Å². The zero-order chi connectivity index (χ0) is 11.4. The number of hydrogen-bond donors (Lipinski definition) is 2. The summed E-state index contributed by atoms with van der Waals surface area (Å²) in [6, 6.07) is 1.15. The number of rotatable bonds is 3. The van der Waals surface area contributed by atoms with E-state index < -0.39 is 6.04 Å². The van der Waals surface area contributed by atoms with E-state index in [9.17, 15) is 4.79 Å². The lowest BCUT2D eigenvalue weighted by molar-refractivity contribution is -0.117. The van der Waals surface area contributed by atoms with Crippen molar-refractivity contribution in [1.29, 1.82) is 0 Å². The number of amides is 1. The Labute approximate surface area is 101 Å². The van der Waals surface area contributed by atoms with Crippen molar-refractivity contribution in [1.82, 2.24) is 4.98 Å². The monoisotopic (exact) mass is 291 g/mol. The summed E-state index contributed by atoms with van der Waals surface area (Å²) in [7, 11) is 0. The fourth-order valence-electron chi connectivity index (χ4n) is 0.921. The van der Waals surface area contributed by atoms with Crippen LogP contribution >= 0.6 is 27.5 Å². The summed E-state index contributed by atoms with van der Waals surface area (Å²) in [5.74, 6) is -0.265. The minimum atomic E-state index is -0.528. The van der Waals surface area contributed by atoms with Crippen molar-refractivity contribution in [3.05, 3.63) is 21.9 Å². The number of hydrogen-bond acceptors (Lipinski definition) is 3. The van der Waals surface area contributed by atoms with Crippen LogP contribution < -0.4 is 11.1 Å². The van der Waals surface area contributed by atoms with Crippen LogP contribution in [0.1, 0.15) is 13.3 Å². The van der Waals surface area contributed by atoms with Crippen LogP contribution in [0.2, 0.25) is 5.15 Å². The van der Waals surface area contributed by atoms with Gasteiger partial charge in [-0.1, -0.05) is 18.5 Å². The molecular formula is C9H11BrClN3O. The lowest BCUT2D eigenvalue weighted by Gasteiger charge is -2.10. The van der Waals surface area contributed by atoms with Crippen molar-refractivity contribution >= 4 is 39.1 Å². The number of pyridine rings is 1. The van der Waals surface area contributed by atoms with Gasteiger partial charge in [0.05, 0.1) is 11.7 Å². The van der Waals surface area contributed by atoms with Gasteiger partial charge in [0, 0.05) is 10.7 Å². The van der Waals surface area contributed by atoms with Gasteiger partial charge in [-0.25, -0.2) is 4.98 Å². The molecule has 82 valence electrons. The third-order valence-electron chi connectivity index (χ3n) is 1.84. The number of halogens is 2. The molecule has 0 aliphatic heterocycles. The van der Waals surface area contributed by atoms with Gasteiger partial charge in [0.1, 0.15) is 0 Å². The standard InChI is InChI=1S/C9H11BrClN3O/c1-2-6(12)9(15)14-7-3-5(10)4-13-8(7)11/h3-4,6H,2,12H2,1H3,(H,14,15). The van der Waals surface area contributed by atoms with Gasteiger partial charge in [0.15, 0.2) is 5.15 Å². The summed E-state index contributed by atoms with van der Waals surface area (Å²) < 4.78 is 0.743. The van der Waals surface area contributed by atoms with Gasteiger partial charge in [0.25, 0.3) is 0 Å². The highest BCUT2D eigenvalue weighted by molar-refractivity contribution is 9.10. The highest BCUT2D eigenvalue weighted by atomic mass is 79.9. The van der Waals surface area contributed by atoms with Crippen LogP contribution in [-0.2, 0) is 4.79 Å². The average Bonchev–Trinajstić information content (AvgIpc) is 2.22. The first kappa shape index (κ1) is 12.4. The minimum absolute atomic E-state index is 0.245. The maximum atomic E-state index is 11.5. The van der Waals surface area contributed by atoms with Crippen LogP contribution in [-0.4, -0.2) is 16.9 Å². The van der Waals surface area contributed by atoms with E-state index in [1.54, 1.807) is 12.3 Å². The van der Waals surface area contributed by atoms with Crippen LogP contribution in [0.15, 0.2) is 16.7 Å². The van der Waals surface area contributed by atoms with Gasteiger partial charge >= 0.3 is 0 Å². The Kier molecular flexibility index (Phi) is 4.50. The smallest absolute Gasteiger partial charge is 0.241 e. The highest BCUT2D eigenvalue weighted by Gasteiger charge is 2.13. The number of aromatic nitrogens is 1. The first-order valence-electron chi connectivity index (χ1n) is 4.42. The van der Waals surface area contributed by atoms with E-state index in [0.717, 1.165) is 4.47 Å². The van der Waals surface area contributed by atoms with Crippen LogP contribution in [0.3, 0.4) is 0 Å². The van der Waals surface area contributed by atoms with Crippen LogP contribution in [0.25, 0.3) is 0 Å². The molecule has 1 rings (SSSR count). The molecule has 3 N–H and O–H groups in total. The van der Waals surface area contributed by atoms with E-state index in [1.807, 2.05) is 6.92 Å². The third-order valence-corrected chi connectivity index (χ3v) is 2.58. The number of carbonyl (C=O) groups excluding carboxylic acids is 1. The molecule has 0 saturated carbocycles.